The van der Waals surface area contributed by atoms with Gasteiger partial charge >= 0.3 is 5.97 Å². The Bertz CT molecular complexity index is 369. The summed E-state index contributed by atoms with van der Waals surface area (Å²) >= 11 is 0. The van der Waals surface area contributed by atoms with E-state index in [4.69, 9.17) is 4.74 Å². The molecule has 0 unspecified atom stereocenters. The molecule has 112 valence electrons. The Labute approximate surface area is 122 Å². The van der Waals surface area contributed by atoms with Gasteiger partial charge in [-0.1, -0.05) is 46.0 Å². The van der Waals surface area contributed by atoms with Crippen molar-refractivity contribution < 1.29 is 9.53 Å². The summed E-state index contributed by atoms with van der Waals surface area (Å²) in [5.41, 5.74) is -0.841. The Hall–Kier alpha value is -1.04. The second kappa shape index (κ2) is 6.61. The Kier molecular flexibility index (Phi) is 5.07. The van der Waals surface area contributed by atoms with Crippen LogP contribution in [0.15, 0.2) is 0 Å². The van der Waals surface area contributed by atoms with Crippen LogP contribution in [0.5, 0.6) is 0 Å². The van der Waals surface area contributed by atoms with E-state index in [0.717, 1.165) is 37.5 Å². The molecule has 0 spiro atoms. The molecule has 0 N–H and O–H groups in total. The van der Waals surface area contributed by atoms with E-state index in [2.05, 4.69) is 6.07 Å². The SMILES string of the molecule is CC(C)C(=O)O[C@]1(C#N)CC[C@@H](C2CCCCC2)CC1. The fraction of sp³-hybridized carbons (Fsp3) is 0.882. The number of nitrogens with zero attached hydrogens (tertiary/aromatic N) is 1. The first kappa shape index (κ1) is 15.4. The number of hydrogen-bond donors (Lipinski definition) is 0. The first-order valence-corrected chi connectivity index (χ1v) is 8.20. The molecule has 0 atom stereocenters. The van der Waals surface area contributed by atoms with E-state index in [9.17, 15) is 10.1 Å². The van der Waals surface area contributed by atoms with Crippen molar-refractivity contribution in [3.05, 3.63) is 0 Å². The van der Waals surface area contributed by atoms with Crippen molar-refractivity contribution in [1.29, 1.82) is 5.26 Å². The largest absolute Gasteiger partial charge is 0.443 e. The van der Waals surface area contributed by atoms with Crippen molar-refractivity contribution in [3.63, 3.8) is 0 Å². The van der Waals surface area contributed by atoms with Crippen molar-refractivity contribution in [2.45, 2.75) is 77.2 Å². The van der Waals surface area contributed by atoms with Crippen LogP contribution in [-0.2, 0) is 9.53 Å². The lowest BCUT2D eigenvalue weighted by Gasteiger charge is -2.39. The summed E-state index contributed by atoms with van der Waals surface area (Å²) in [7, 11) is 0. The molecular formula is C17H27NO2. The third-order valence-corrected chi connectivity index (χ3v) is 5.13. The van der Waals surface area contributed by atoms with E-state index >= 15 is 0 Å². The second-order valence-corrected chi connectivity index (χ2v) is 6.92. The monoisotopic (exact) mass is 277 g/mol. The summed E-state index contributed by atoms with van der Waals surface area (Å²) < 4.78 is 5.53. The highest BCUT2D eigenvalue weighted by molar-refractivity contribution is 5.72. The van der Waals surface area contributed by atoms with Crippen LogP contribution >= 0.6 is 0 Å². The minimum absolute atomic E-state index is 0.156. The van der Waals surface area contributed by atoms with Crippen molar-refractivity contribution in [1.82, 2.24) is 0 Å². The number of esters is 1. The fourth-order valence-electron chi connectivity index (χ4n) is 3.73. The van der Waals surface area contributed by atoms with Crippen LogP contribution in [0.1, 0.15) is 71.6 Å². The van der Waals surface area contributed by atoms with Gasteiger partial charge in [0.2, 0.25) is 0 Å². The van der Waals surface area contributed by atoms with Crippen molar-refractivity contribution >= 4 is 5.97 Å². The van der Waals surface area contributed by atoms with E-state index in [0.29, 0.717) is 0 Å². The maximum Gasteiger partial charge on any atom is 0.309 e. The Morgan fingerprint density at radius 2 is 1.65 bits per heavy atom. The molecule has 0 aliphatic heterocycles. The van der Waals surface area contributed by atoms with Crippen LogP contribution in [0.2, 0.25) is 0 Å². The topological polar surface area (TPSA) is 50.1 Å². The van der Waals surface area contributed by atoms with Crippen molar-refractivity contribution in [3.8, 4) is 6.07 Å². The number of ether oxygens (including phenoxy) is 1. The van der Waals surface area contributed by atoms with Gasteiger partial charge in [0.15, 0.2) is 5.60 Å². The molecule has 0 aromatic carbocycles. The molecule has 0 radical (unpaired) electrons. The average molecular weight is 277 g/mol. The molecule has 2 aliphatic carbocycles. The molecule has 3 heteroatoms. The predicted molar refractivity (Wildman–Crippen MR) is 77.8 cm³/mol. The van der Waals surface area contributed by atoms with E-state index in [1.807, 2.05) is 13.8 Å². The number of carbonyl (C=O) groups excluding carboxylic acids is 1. The Balaban J connectivity index is 1.90. The van der Waals surface area contributed by atoms with Crippen LogP contribution in [0.25, 0.3) is 0 Å². The van der Waals surface area contributed by atoms with E-state index in [1.54, 1.807) is 0 Å². The zero-order valence-corrected chi connectivity index (χ0v) is 12.9. The normalized spacial score (nSPS) is 31.8. The molecule has 0 aromatic heterocycles. The number of rotatable bonds is 3. The van der Waals surface area contributed by atoms with Gasteiger partial charge in [0, 0.05) is 12.8 Å². The zero-order chi connectivity index (χ0) is 14.6. The highest BCUT2D eigenvalue weighted by Crippen LogP contribution is 2.42. The molecule has 20 heavy (non-hydrogen) atoms. The van der Waals surface area contributed by atoms with E-state index in [1.165, 1.54) is 32.1 Å². The van der Waals surface area contributed by atoms with Gasteiger partial charge in [-0.3, -0.25) is 4.79 Å². The maximum atomic E-state index is 11.8. The molecule has 0 heterocycles. The van der Waals surface area contributed by atoms with Crippen LogP contribution in [0.4, 0.5) is 0 Å². The molecule has 2 rings (SSSR count). The third-order valence-electron chi connectivity index (χ3n) is 5.13. The number of hydrogen-bond acceptors (Lipinski definition) is 3. The summed E-state index contributed by atoms with van der Waals surface area (Å²) in [6, 6.07) is 2.28. The van der Waals surface area contributed by atoms with Gasteiger partial charge in [-0.2, -0.15) is 5.26 Å². The second-order valence-electron chi connectivity index (χ2n) is 6.92. The predicted octanol–water partition coefficient (Wildman–Crippen LogP) is 4.22. The van der Waals surface area contributed by atoms with Gasteiger partial charge in [0.25, 0.3) is 0 Å². The molecule has 2 aliphatic rings. The molecule has 0 saturated heterocycles. The smallest absolute Gasteiger partial charge is 0.309 e. The van der Waals surface area contributed by atoms with Crippen molar-refractivity contribution in [2.24, 2.45) is 17.8 Å². The fourth-order valence-corrected chi connectivity index (χ4v) is 3.73. The molecule has 2 saturated carbocycles. The Morgan fingerprint density at radius 3 is 2.15 bits per heavy atom. The van der Waals surface area contributed by atoms with Gasteiger partial charge in [-0.25, -0.2) is 0 Å². The average Bonchev–Trinajstić information content (AvgIpc) is 2.48. The Morgan fingerprint density at radius 1 is 1.10 bits per heavy atom. The van der Waals surface area contributed by atoms with Gasteiger partial charge in [0.05, 0.1) is 5.92 Å². The summed E-state index contributed by atoms with van der Waals surface area (Å²) in [6.07, 6.45) is 10.4. The summed E-state index contributed by atoms with van der Waals surface area (Å²) in [5, 5.41) is 9.44. The van der Waals surface area contributed by atoms with Crippen LogP contribution in [0.3, 0.4) is 0 Å². The lowest BCUT2D eigenvalue weighted by molar-refractivity contribution is -0.162. The van der Waals surface area contributed by atoms with Crippen molar-refractivity contribution in [2.75, 3.05) is 0 Å². The highest BCUT2D eigenvalue weighted by Gasteiger charge is 2.41. The minimum atomic E-state index is -0.841. The van der Waals surface area contributed by atoms with E-state index < -0.39 is 5.60 Å². The highest BCUT2D eigenvalue weighted by atomic mass is 16.6. The minimum Gasteiger partial charge on any atom is -0.443 e. The summed E-state index contributed by atoms with van der Waals surface area (Å²) in [5.74, 6) is 1.20. The molecule has 0 aromatic rings. The molecule has 0 amide bonds. The summed E-state index contributed by atoms with van der Waals surface area (Å²) in [4.78, 5) is 11.8. The molecule has 3 nitrogen and oxygen atoms in total. The first-order valence-electron chi connectivity index (χ1n) is 8.20. The van der Waals surface area contributed by atoms with Gasteiger partial charge in [-0.15, -0.1) is 0 Å². The quantitative estimate of drug-likeness (QED) is 0.726. The zero-order valence-electron chi connectivity index (χ0n) is 12.9. The number of nitriles is 1. The van der Waals surface area contributed by atoms with Gasteiger partial charge in [0.1, 0.15) is 6.07 Å². The van der Waals surface area contributed by atoms with Gasteiger partial charge in [-0.05, 0) is 24.7 Å². The van der Waals surface area contributed by atoms with Crippen LogP contribution < -0.4 is 0 Å². The van der Waals surface area contributed by atoms with E-state index in [-0.39, 0.29) is 11.9 Å². The standard InChI is InChI=1S/C17H27NO2/c1-13(2)16(19)20-17(12-18)10-8-15(9-11-17)14-6-4-3-5-7-14/h13-15H,3-11H2,1-2H3/t15-,17-. The molecule has 2 fully saturated rings. The molecule has 0 bridgehead atoms. The lowest BCUT2D eigenvalue weighted by Crippen LogP contribution is -2.40. The lowest BCUT2D eigenvalue weighted by atomic mass is 9.70. The van der Waals surface area contributed by atoms with Crippen LogP contribution in [-0.4, -0.2) is 11.6 Å². The maximum absolute atomic E-state index is 11.8. The third kappa shape index (κ3) is 3.53. The van der Waals surface area contributed by atoms with Crippen LogP contribution in [0, 0.1) is 29.1 Å². The first-order chi connectivity index (χ1) is 9.56. The summed E-state index contributed by atoms with van der Waals surface area (Å²) in [6.45, 7) is 3.64. The molecular weight excluding hydrogens is 250 g/mol. The number of carbonyl (C=O) groups is 1. The van der Waals surface area contributed by atoms with Gasteiger partial charge < -0.3 is 4.74 Å².